The van der Waals surface area contributed by atoms with Gasteiger partial charge in [-0.2, -0.15) is 0 Å². The number of nitrogens with zero attached hydrogens (tertiary/aromatic N) is 1. The van der Waals surface area contributed by atoms with Crippen LogP contribution >= 0.6 is 0 Å². The molecule has 0 aliphatic carbocycles. The summed E-state index contributed by atoms with van der Waals surface area (Å²) in [4.78, 5) is 15.0. The summed E-state index contributed by atoms with van der Waals surface area (Å²) in [5, 5.41) is 0. The SMILES string of the molecule is CC(C)Cc1ncc(C(=O)CN)o1. The molecular weight excluding hydrogens is 168 g/mol. The van der Waals surface area contributed by atoms with Crippen LogP contribution in [0.2, 0.25) is 0 Å². The molecule has 4 heteroatoms. The van der Waals surface area contributed by atoms with Crippen LogP contribution in [0.1, 0.15) is 30.3 Å². The summed E-state index contributed by atoms with van der Waals surface area (Å²) in [7, 11) is 0. The molecule has 0 aliphatic rings. The first-order valence-electron chi connectivity index (χ1n) is 4.31. The number of nitrogens with two attached hydrogens (primary N) is 1. The smallest absolute Gasteiger partial charge is 0.213 e. The van der Waals surface area contributed by atoms with Crippen molar-refractivity contribution in [2.24, 2.45) is 11.7 Å². The summed E-state index contributed by atoms with van der Waals surface area (Å²) in [6.45, 7) is 4.10. The molecular formula is C9H14N2O2. The van der Waals surface area contributed by atoms with Crippen molar-refractivity contribution in [3.05, 3.63) is 17.8 Å². The van der Waals surface area contributed by atoms with Gasteiger partial charge in [-0.25, -0.2) is 4.98 Å². The maximum absolute atomic E-state index is 11.1. The number of hydrogen-bond donors (Lipinski definition) is 1. The molecule has 0 aromatic carbocycles. The summed E-state index contributed by atoms with van der Waals surface area (Å²) in [6.07, 6.45) is 2.19. The molecule has 0 fully saturated rings. The minimum Gasteiger partial charge on any atom is -0.438 e. The average Bonchev–Trinajstić information content (AvgIpc) is 2.50. The average molecular weight is 182 g/mol. The third-order valence-corrected chi connectivity index (χ3v) is 1.60. The number of hydrogen-bond acceptors (Lipinski definition) is 4. The summed E-state index contributed by atoms with van der Waals surface area (Å²) in [5.41, 5.74) is 5.18. The van der Waals surface area contributed by atoms with Crippen LogP contribution in [0.3, 0.4) is 0 Å². The predicted octanol–water partition coefficient (Wildman–Crippen LogP) is 1.01. The van der Waals surface area contributed by atoms with E-state index in [0.29, 0.717) is 11.8 Å². The van der Waals surface area contributed by atoms with Crippen LogP contribution in [0, 0.1) is 5.92 Å². The fourth-order valence-electron chi connectivity index (χ4n) is 0.983. The normalized spacial score (nSPS) is 10.8. The molecule has 2 N–H and O–H groups in total. The van der Waals surface area contributed by atoms with E-state index in [1.54, 1.807) is 0 Å². The fourth-order valence-corrected chi connectivity index (χ4v) is 0.983. The van der Waals surface area contributed by atoms with Crippen molar-refractivity contribution in [2.45, 2.75) is 20.3 Å². The van der Waals surface area contributed by atoms with E-state index in [4.69, 9.17) is 10.2 Å². The Morgan fingerprint density at radius 3 is 2.92 bits per heavy atom. The van der Waals surface area contributed by atoms with Gasteiger partial charge in [0.15, 0.2) is 11.7 Å². The summed E-state index contributed by atoms with van der Waals surface area (Å²) in [5.74, 6) is 1.13. The van der Waals surface area contributed by atoms with Gasteiger partial charge in [-0.1, -0.05) is 13.8 Å². The second kappa shape index (κ2) is 4.18. The lowest BCUT2D eigenvalue weighted by Gasteiger charge is -1.97. The van der Waals surface area contributed by atoms with E-state index in [-0.39, 0.29) is 18.1 Å². The first-order chi connectivity index (χ1) is 6.13. The van der Waals surface area contributed by atoms with E-state index in [2.05, 4.69) is 18.8 Å². The van der Waals surface area contributed by atoms with Crippen molar-refractivity contribution in [3.8, 4) is 0 Å². The quantitative estimate of drug-likeness (QED) is 0.705. The minimum atomic E-state index is -0.206. The van der Waals surface area contributed by atoms with Gasteiger partial charge in [0.1, 0.15) is 0 Å². The topological polar surface area (TPSA) is 69.1 Å². The lowest BCUT2D eigenvalue weighted by Crippen LogP contribution is -2.12. The Bertz CT molecular complexity index is 292. The third-order valence-electron chi connectivity index (χ3n) is 1.60. The molecule has 0 saturated carbocycles. The maximum Gasteiger partial charge on any atom is 0.213 e. The van der Waals surface area contributed by atoms with Crippen molar-refractivity contribution >= 4 is 5.78 Å². The Morgan fingerprint density at radius 1 is 1.69 bits per heavy atom. The first kappa shape index (κ1) is 9.92. The number of carbonyl (C=O) groups is 1. The molecule has 1 rings (SSSR count). The molecule has 0 amide bonds. The number of oxazole rings is 1. The van der Waals surface area contributed by atoms with Crippen LogP contribution in [0.5, 0.6) is 0 Å². The number of aromatic nitrogens is 1. The van der Waals surface area contributed by atoms with E-state index >= 15 is 0 Å². The highest BCUT2D eigenvalue weighted by Crippen LogP contribution is 2.09. The molecule has 4 nitrogen and oxygen atoms in total. The predicted molar refractivity (Wildman–Crippen MR) is 48.4 cm³/mol. The standard InChI is InChI=1S/C9H14N2O2/c1-6(2)3-9-11-5-8(13-9)7(12)4-10/h5-6H,3-4,10H2,1-2H3. The van der Waals surface area contributed by atoms with Gasteiger partial charge < -0.3 is 10.2 Å². The van der Waals surface area contributed by atoms with Crippen molar-refractivity contribution in [2.75, 3.05) is 6.54 Å². The van der Waals surface area contributed by atoms with E-state index in [0.717, 1.165) is 6.42 Å². The molecule has 0 saturated heterocycles. The van der Waals surface area contributed by atoms with Crippen LogP contribution < -0.4 is 5.73 Å². The molecule has 1 heterocycles. The molecule has 0 aliphatic heterocycles. The van der Waals surface area contributed by atoms with Gasteiger partial charge in [-0.15, -0.1) is 0 Å². The highest BCUT2D eigenvalue weighted by atomic mass is 16.4. The van der Waals surface area contributed by atoms with E-state index < -0.39 is 0 Å². The summed E-state index contributed by atoms with van der Waals surface area (Å²) in [6, 6.07) is 0. The van der Waals surface area contributed by atoms with Crippen molar-refractivity contribution in [1.29, 1.82) is 0 Å². The van der Waals surface area contributed by atoms with Crippen LogP contribution in [-0.2, 0) is 6.42 Å². The fraction of sp³-hybridized carbons (Fsp3) is 0.556. The molecule has 0 bridgehead atoms. The number of rotatable bonds is 4. The second-order valence-electron chi connectivity index (χ2n) is 3.34. The number of carbonyl (C=O) groups excluding carboxylic acids is 1. The van der Waals surface area contributed by atoms with Crippen LogP contribution in [0.25, 0.3) is 0 Å². The lowest BCUT2D eigenvalue weighted by molar-refractivity contribution is 0.0973. The van der Waals surface area contributed by atoms with Crippen LogP contribution in [-0.4, -0.2) is 17.3 Å². The second-order valence-corrected chi connectivity index (χ2v) is 3.34. The van der Waals surface area contributed by atoms with Crippen molar-refractivity contribution < 1.29 is 9.21 Å². The largest absolute Gasteiger partial charge is 0.438 e. The highest BCUT2D eigenvalue weighted by molar-refractivity contribution is 5.94. The zero-order valence-electron chi connectivity index (χ0n) is 7.91. The molecule has 0 radical (unpaired) electrons. The van der Waals surface area contributed by atoms with Crippen LogP contribution in [0.4, 0.5) is 0 Å². The zero-order chi connectivity index (χ0) is 9.84. The molecule has 0 unspecified atom stereocenters. The van der Waals surface area contributed by atoms with E-state index in [1.165, 1.54) is 6.20 Å². The molecule has 0 spiro atoms. The van der Waals surface area contributed by atoms with Gasteiger partial charge in [-0.05, 0) is 5.92 Å². The molecule has 0 atom stereocenters. The van der Waals surface area contributed by atoms with Gasteiger partial charge in [0.05, 0.1) is 12.7 Å². The zero-order valence-corrected chi connectivity index (χ0v) is 7.91. The highest BCUT2D eigenvalue weighted by Gasteiger charge is 2.11. The van der Waals surface area contributed by atoms with Gasteiger partial charge in [-0.3, -0.25) is 4.79 Å². The lowest BCUT2D eigenvalue weighted by atomic mass is 10.1. The molecule has 72 valence electrons. The van der Waals surface area contributed by atoms with E-state index in [9.17, 15) is 4.79 Å². The molecule has 1 aromatic rings. The minimum absolute atomic E-state index is 0.0314. The van der Waals surface area contributed by atoms with Crippen molar-refractivity contribution in [3.63, 3.8) is 0 Å². The first-order valence-corrected chi connectivity index (χ1v) is 4.31. The van der Waals surface area contributed by atoms with Gasteiger partial charge in [0, 0.05) is 6.42 Å². The van der Waals surface area contributed by atoms with Crippen LogP contribution in [0.15, 0.2) is 10.6 Å². The number of ketones is 1. The third kappa shape index (κ3) is 2.66. The van der Waals surface area contributed by atoms with E-state index in [1.807, 2.05) is 0 Å². The molecule has 13 heavy (non-hydrogen) atoms. The van der Waals surface area contributed by atoms with Crippen molar-refractivity contribution in [1.82, 2.24) is 4.98 Å². The monoisotopic (exact) mass is 182 g/mol. The Hall–Kier alpha value is -1.16. The summed E-state index contributed by atoms with van der Waals surface area (Å²) >= 11 is 0. The Morgan fingerprint density at radius 2 is 2.38 bits per heavy atom. The summed E-state index contributed by atoms with van der Waals surface area (Å²) < 4.78 is 5.21. The van der Waals surface area contributed by atoms with Gasteiger partial charge >= 0.3 is 0 Å². The Balaban J connectivity index is 2.69. The Labute approximate surface area is 77.1 Å². The van der Waals surface area contributed by atoms with Gasteiger partial charge in [0.25, 0.3) is 0 Å². The van der Waals surface area contributed by atoms with Gasteiger partial charge in [0.2, 0.25) is 5.78 Å². The number of Topliss-reactive ketones (excluding diaryl/α,β-unsaturated/α-hetero) is 1. The Kier molecular flexibility index (Phi) is 3.19. The molecule has 1 aromatic heterocycles. The maximum atomic E-state index is 11.1.